The molecule has 2 heterocycles. The lowest BCUT2D eigenvalue weighted by Crippen LogP contribution is -2.84. The number of carbonyl (C=O) groups is 2. The van der Waals surface area contributed by atoms with E-state index in [1.165, 1.54) is 76.3 Å². The number of aliphatic carboxylic acids is 2. The molecule has 0 amide bonds. The van der Waals surface area contributed by atoms with Crippen molar-refractivity contribution in [2.24, 2.45) is 10.8 Å². The Balaban J connectivity index is 2.59. The summed E-state index contributed by atoms with van der Waals surface area (Å²) >= 11 is 0. The first-order valence-electron chi connectivity index (χ1n) is 13.5. The average molecular weight is 579 g/mol. The van der Waals surface area contributed by atoms with Gasteiger partial charge in [0.25, 0.3) is 0 Å². The van der Waals surface area contributed by atoms with Crippen molar-refractivity contribution >= 4 is 11.9 Å². The molecule has 0 aromatic heterocycles. The molecular formula is C28H50O12. The van der Waals surface area contributed by atoms with Crippen LogP contribution in [0.25, 0.3) is 0 Å². The summed E-state index contributed by atoms with van der Waals surface area (Å²) < 4.78 is 23.4. The summed E-state index contributed by atoms with van der Waals surface area (Å²) in [5.41, 5.74) is -19.1. The molecule has 10 atom stereocenters. The molecule has 12 nitrogen and oxygen atoms in total. The summed E-state index contributed by atoms with van der Waals surface area (Å²) in [5, 5.41) is 67.5. The van der Waals surface area contributed by atoms with E-state index >= 15 is 0 Å². The second kappa shape index (κ2) is 9.57. The fraction of sp³-hybridized carbons (Fsp3) is 0.929. The number of ether oxygens (including phenoxy) is 4. The summed E-state index contributed by atoms with van der Waals surface area (Å²) in [6, 6.07) is 0. The van der Waals surface area contributed by atoms with Crippen molar-refractivity contribution in [3.63, 3.8) is 0 Å². The van der Waals surface area contributed by atoms with Gasteiger partial charge >= 0.3 is 11.9 Å². The summed E-state index contributed by atoms with van der Waals surface area (Å²) in [6.07, 6.45) is 0.153. The van der Waals surface area contributed by atoms with E-state index in [1.54, 1.807) is 6.92 Å². The number of methoxy groups -OCH3 is 1. The number of carboxylic acid groups (broad SMARTS) is 2. The molecule has 40 heavy (non-hydrogen) atoms. The van der Waals surface area contributed by atoms with E-state index in [-0.39, 0.29) is 13.0 Å². The van der Waals surface area contributed by atoms with Gasteiger partial charge in [-0.15, -0.1) is 0 Å². The topological polar surface area (TPSA) is 192 Å². The van der Waals surface area contributed by atoms with Gasteiger partial charge in [0.1, 0.15) is 33.6 Å². The Hall–Kier alpha value is -1.38. The normalized spacial score (nSPS) is 53.3. The van der Waals surface area contributed by atoms with Crippen LogP contribution < -0.4 is 0 Å². The number of carboxylic acids is 2. The molecule has 0 saturated carbocycles. The molecule has 2 aliphatic rings. The summed E-state index contributed by atoms with van der Waals surface area (Å²) in [5.74, 6) is -2.77. The minimum absolute atomic E-state index is 0.153. The maximum absolute atomic E-state index is 12.7. The summed E-state index contributed by atoms with van der Waals surface area (Å²) in [7, 11) is 1.36. The van der Waals surface area contributed by atoms with Crippen LogP contribution >= 0.6 is 0 Å². The quantitative estimate of drug-likeness (QED) is 0.230. The van der Waals surface area contributed by atoms with Crippen LogP contribution in [0.3, 0.4) is 0 Å². The van der Waals surface area contributed by atoms with Crippen LogP contribution in [0.5, 0.6) is 0 Å². The third kappa shape index (κ3) is 3.87. The molecule has 2 saturated heterocycles. The lowest BCUT2D eigenvalue weighted by molar-refractivity contribution is -0.397. The minimum atomic E-state index is -2.16. The Labute approximate surface area is 236 Å². The Morgan fingerprint density at radius 2 is 0.950 bits per heavy atom. The second-order valence-electron chi connectivity index (χ2n) is 13.6. The van der Waals surface area contributed by atoms with E-state index in [4.69, 9.17) is 18.9 Å². The van der Waals surface area contributed by atoms with Crippen molar-refractivity contribution in [1.29, 1.82) is 0 Å². The van der Waals surface area contributed by atoms with Gasteiger partial charge in [-0.05, 0) is 61.8 Å². The first kappa shape index (κ1) is 34.8. The zero-order chi connectivity index (χ0) is 31.8. The molecular weight excluding hydrogens is 528 g/mol. The van der Waals surface area contributed by atoms with E-state index in [0.717, 1.165) is 0 Å². The molecule has 0 radical (unpaired) electrons. The summed E-state index contributed by atoms with van der Waals surface area (Å²) in [4.78, 5) is 25.2. The van der Waals surface area contributed by atoms with Crippen molar-refractivity contribution < 1.29 is 59.2 Å². The molecule has 0 aromatic rings. The van der Waals surface area contributed by atoms with Gasteiger partial charge in [-0.3, -0.25) is 0 Å². The lowest BCUT2D eigenvalue weighted by Gasteiger charge is -2.67. The van der Waals surface area contributed by atoms with Crippen LogP contribution in [0.2, 0.25) is 0 Å². The Bertz CT molecular complexity index is 1020. The second-order valence-corrected chi connectivity index (χ2v) is 13.6. The van der Waals surface area contributed by atoms with Crippen LogP contribution in [0.1, 0.15) is 82.6 Å². The Morgan fingerprint density at radius 3 is 1.30 bits per heavy atom. The van der Waals surface area contributed by atoms with Crippen molar-refractivity contribution in [2.75, 3.05) is 26.9 Å². The molecule has 234 valence electrons. The lowest BCUT2D eigenvalue weighted by atomic mass is 9.51. The monoisotopic (exact) mass is 578 g/mol. The maximum Gasteiger partial charge on any atom is 0.336 e. The van der Waals surface area contributed by atoms with E-state index in [2.05, 4.69) is 0 Å². The van der Waals surface area contributed by atoms with E-state index < -0.39 is 80.8 Å². The minimum Gasteiger partial charge on any atom is -0.479 e. The number of hydrogen-bond acceptors (Lipinski definition) is 10. The zero-order valence-electron chi connectivity index (χ0n) is 26.0. The predicted octanol–water partition coefficient (Wildman–Crippen LogP) is 1.34. The molecule has 12 heteroatoms. The molecule has 6 N–H and O–H groups in total. The van der Waals surface area contributed by atoms with Gasteiger partial charge in [0.2, 0.25) is 0 Å². The standard InChI is InChI=1S/C28H50O12/c1-13-19(2)23(6,17(29)30)40-22(5,28(11,36)25(19,8)33)16-38-14-20(3)24(7,18(31)32)39-21(4,15-37-12)27(10,35)26(20,9)34/h33-36H,13-16H2,1-12H3,(H,29,30)(H,31,32)/t19-,20+,21?,22?,23?,24?,25-,26-,27+,28+/m1/s1. The SMILES string of the molecule is CC[C@]1(C)C(C)(C(=O)O)OC(C)(COC[C@@]2(C)C(C)(C(=O)O)OC(C)(COC)[C@](C)(O)[C@]2(C)O)[C@](C)(O)[C@]1(C)O. The molecule has 0 bridgehead atoms. The fourth-order valence-electron chi connectivity index (χ4n) is 6.94. The average Bonchev–Trinajstić information content (AvgIpc) is 2.80. The van der Waals surface area contributed by atoms with Gasteiger partial charge in [-0.25, -0.2) is 9.59 Å². The predicted molar refractivity (Wildman–Crippen MR) is 143 cm³/mol. The fourth-order valence-corrected chi connectivity index (χ4v) is 6.94. The van der Waals surface area contributed by atoms with Crippen molar-refractivity contribution in [3.8, 4) is 0 Å². The van der Waals surface area contributed by atoms with Crippen molar-refractivity contribution in [2.45, 2.75) is 127 Å². The van der Waals surface area contributed by atoms with Crippen LogP contribution in [-0.4, -0.2) is 114 Å². The van der Waals surface area contributed by atoms with Gasteiger partial charge in [0, 0.05) is 12.5 Å². The summed E-state index contributed by atoms with van der Waals surface area (Å²) in [6.45, 7) is 14.1. The van der Waals surface area contributed by atoms with Crippen molar-refractivity contribution in [1.82, 2.24) is 0 Å². The smallest absolute Gasteiger partial charge is 0.336 e. The molecule has 0 aromatic carbocycles. The molecule has 0 spiro atoms. The maximum atomic E-state index is 12.7. The highest BCUT2D eigenvalue weighted by Crippen LogP contribution is 2.61. The Kier molecular flexibility index (Phi) is 8.33. The van der Waals surface area contributed by atoms with E-state index in [9.17, 15) is 40.2 Å². The van der Waals surface area contributed by atoms with Gasteiger partial charge in [-0.1, -0.05) is 20.8 Å². The van der Waals surface area contributed by atoms with Crippen molar-refractivity contribution in [3.05, 3.63) is 0 Å². The van der Waals surface area contributed by atoms with Gasteiger partial charge in [-0.2, -0.15) is 0 Å². The number of rotatable bonds is 9. The third-order valence-corrected chi connectivity index (χ3v) is 11.8. The number of aliphatic hydroxyl groups is 4. The van der Waals surface area contributed by atoms with Crippen LogP contribution in [0, 0.1) is 10.8 Å². The van der Waals surface area contributed by atoms with Gasteiger partial charge in [0.15, 0.2) is 11.2 Å². The molecule has 0 aliphatic carbocycles. The highest BCUT2D eigenvalue weighted by Gasteiger charge is 2.78. The van der Waals surface area contributed by atoms with Crippen LogP contribution in [-0.2, 0) is 28.5 Å². The van der Waals surface area contributed by atoms with Crippen LogP contribution in [0.4, 0.5) is 0 Å². The van der Waals surface area contributed by atoms with Gasteiger partial charge < -0.3 is 49.6 Å². The third-order valence-electron chi connectivity index (χ3n) is 11.8. The largest absolute Gasteiger partial charge is 0.479 e. The Morgan fingerprint density at radius 1 is 0.600 bits per heavy atom. The zero-order valence-corrected chi connectivity index (χ0v) is 26.0. The van der Waals surface area contributed by atoms with E-state index in [1.807, 2.05) is 0 Å². The molecule has 2 rings (SSSR count). The van der Waals surface area contributed by atoms with Gasteiger partial charge in [0.05, 0.1) is 25.2 Å². The molecule has 4 unspecified atom stereocenters. The molecule has 2 aliphatic heterocycles. The molecule has 2 fully saturated rings. The highest BCUT2D eigenvalue weighted by atomic mass is 16.6. The highest BCUT2D eigenvalue weighted by molar-refractivity contribution is 5.80. The van der Waals surface area contributed by atoms with E-state index in [0.29, 0.717) is 0 Å². The van der Waals surface area contributed by atoms with Crippen LogP contribution in [0.15, 0.2) is 0 Å². The number of hydrogen-bond donors (Lipinski definition) is 6. The first-order chi connectivity index (χ1) is 17.6. The first-order valence-corrected chi connectivity index (χ1v) is 13.5.